The fourth-order valence-electron chi connectivity index (χ4n) is 2.68. The molecule has 5 heteroatoms. The van der Waals surface area contributed by atoms with Gasteiger partial charge in [-0.3, -0.25) is 4.79 Å². The molecule has 1 aromatic rings. The fraction of sp³-hybridized carbons (Fsp3) is 0.562. The minimum absolute atomic E-state index is 0. The number of carbonyl (C=O) groups is 1. The van der Waals surface area contributed by atoms with Crippen molar-refractivity contribution in [2.24, 2.45) is 17.6 Å². The van der Waals surface area contributed by atoms with E-state index in [0.717, 1.165) is 37.3 Å². The van der Waals surface area contributed by atoms with Crippen molar-refractivity contribution in [2.75, 3.05) is 11.9 Å². The number of ether oxygens (including phenoxy) is 1. The predicted octanol–water partition coefficient (Wildman–Crippen LogP) is 2.96. The SMILES string of the molecule is Cl.NC1CCC(C(=O)Nc2ccccc2OCC2CC2)C1. The Labute approximate surface area is 131 Å². The van der Waals surface area contributed by atoms with Crippen molar-refractivity contribution in [3.63, 3.8) is 0 Å². The highest BCUT2D eigenvalue weighted by molar-refractivity contribution is 5.94. The largest absolute Gasteiger partial charge is 0.491 e. The Bertz CT molecular complexity index is 491. The van der Waals surface area contributed by atoms with E-state index in [1.54, 1.807) is 0 Å². The zero-order chi connectivity index (χ0) is 13.9. The number of halogens is 1. The summed E-state index contributed by atoms with van der Waals surface area (Å²) in [7, 11) is 0. The van der Waals surface area contributed by atoms with E-state index in [1.165, 1.54) is 12.8 Å². The van der Waals surface area contributed by atoms with Crippen LogP contribution in [0.25, 0.3) is 0 Å². The molecule has 2 aliphatic rings. The van der Waals surface area contributed by atoms with Crippen molar-refractivity contribution >= 4 is 24.0 Å². The van der Waals surface area contributed by atoms with Crippen molar-refractivity contribution in [1.29, 1.82) is 0 Å². The number of hydrogen-bond acceptors (Lipinski definition) is 3. The van der Waals surface area contributed by atoms with Crippen molar-refractivity contribution in [3.8, 4) is 5.75 Å². The average molecular weight is 311 g/mol. The molecule has 0 heterocycles. The molecule has 2 saturated carbocycles. The Morgan fingerprint density at radius 1 is 1.24 bits per heavy atom. The molecule has 2 unspecified atom stereocenters. The third kappa shape index (κ3) is 4.35. The molecule has 116 valence electrons. The first-order chi connectivity index (χ1) is 9.72. The lowest BCUT2D eigenvalue weighted by molar-refractivity contribution is -0.119. The first kappa shape index (κ1) is 16.1. The number of hydrogen-bond donors (Lipinski definition) is 2. The maximum Gasteiger partial charge on any atom is 0.227 e. The van der Waals surface area contributed by atoms with E-state index in [9.17, 15) is 4.79 Å². The van der Waals surface area contributed by atoms with Crippen LogP contribution in [0.15, 0.2) is 24.3 Å². The molecule has 0 aliphatic heterocycles. The standard InChI is InChI=1S/C16H22N2O2.ClH/c17-13-8-7-12(9-13)16(19)18-14-3-1-2-4-15(14)20-10-11-5-6-11;/h1-4,11-13H,5-10,17H2,(H,18,19);1H. The maximum absolute atomic E-state index is 12.2. The monoisotopic (exact) mass is 310 g/mol. The zero-order valence-electron chi connectivity index (χ0n) is 12.1. The van der Waals surface area contributed by atoms with Gasteiger partial charge in [0.25, 0.3) is 0 Å². The number of nitrogens with two attached hydrogens (primary N) is 1. The average Bonchev–Trinajstić information content (AvgIpc) is 3.18. The first-order valence-electron chi connectivity index (χ1n) is 7.50. The van der Waals surface area contributed by atoms with Gasteiger partial charge in [0.05, 0.1) is 12.3 Å². The molecule has 21 heavy (non-hydrogen) atoms. The van der Waals surface area contributed by atoms with Crippen LogP contribution in [0.1, 0.15) is 32.1 Å². The lowest BCUT2D eigenvalue weighted by Crippen LogP contribution is -2.23. The molecule has 0 radical (unpaired) electrons. The van der Waals surface area contributed by atoms with Crippen molar-refractivity contribution < 1.29 is 9.53 Å². The number of carbonyl (C=O) groups excluding carboxylic acids is 1. The van der Waals surface area contributed by atoms with Gasteiger partial charge in [0.15, 0.2) is 0 Å². The van der Waals surface area contributed by atoms with Crippen molar-refractivity contribution in [2.45, 2.75) is 38.1 Å². The molecular formula is C16H23ClN2O2. The van der Waals surface area contributed by atoms with Crippen LogP contribution < -0.4 is 15.8 Å². The summed E-state index contributed by atoms with van der Waals surface area (Å²) in [6, 6.07) is 7.84. The highest BCUT2D eigenvalue weighted by Crippen LogP contribution is 2.32. The lowest BCUT2D eigenvalue weighted by Gasteiger charge is -2.14. The number of amides is 1. The zero-order valence-corrected chi connectivity index (χ0v) is 12.9. The van der Waals surface area contributed by atoms with Crippen LogP contribution in [0.4, 0.5) is 5.69 Å². The summed E-state index contributed by atoms with van der Waals surface area (Å²) in [6.07, 6.45) is 5.13. The van der Waals surface area contributed by atoms with Gasteiger partial charge in [0, 0.05) is 12.0 Å². The Kier molecular flexibility index (Phi) is 5.48. The summed E-state index contributed by atoms with van der Waals surface area (Å²) in [5, 5.41) is 3.00. The maximum atomic E-state index is 12.2. The van der Waals surface area contributed by atoms with Crippen LogP contribution in [0.5, 0.6) is 5.75 Å². The van der Waals surface area contributed by atoms with Crippen LogP contribution in [0.3, 0.4) is 0 Å². The highest BCUT2D eigenvalue weighted by Gasteiger charge is 2.28. The Morgan fingerprint density at radius 2 is 2.00 bits per heavy atom. The molecule has 4 nitrogen and oxygen atoms in total. The van der Waals surface area contributed by atoms with Gasteiger partial charge in [-0.05, 0) is 50.2 Å². The van der Waals surface area contributed by atoms with E-state index in [4.69, 9.17) is 10.5 Å². The van der Waals surface area contributed by atoms with Gasteiger partial charge in [-0.1, -0.05) is 12.1 Å². The normalized spacial score (nSPS) is 24.2. The summed E-state index contributed by atoms with van der Waals surface area (Å²) in [5.74, 6) is 1.59. The highest BCUT2D eigenvalue weighted by atomic mass is 35.5. The second-order valence-electron chi connectivity index (χ2n) is 6.01. The van der Waals surface area contributed by atoms with Crippen LogP contribution >= 0.6 is 12.4 Å². The van der Waals surface area contributed by atoms with Gasteiger partial charge in [0.1, 0.15) is 5.75 Å². The summed E-state index contributed by atoms with van der Waals surface area (Å²) in [5.41, 5.74) is 6.65. The molecule has 1 amide bonds. The molecular weight excluding hydrogens is 288 g/mol. The Hall–Kier alpha value is -1.26. The topological polar surface area (TPSA) is 64.4 Å². The van der Waals surface area contributed by atoms with Gasteiger partial charge in [-0.15, -0.1) is 12.4 Å². The second-order valence-corrected chi connectivity index (χ2v) is 6.01. The molecule has 3 N–H and O–H groups in total. The smallest absolute Gasteiger partial charge is 0.227 e. The van der Waals surface area contributed by atoms with Crippen molar-refractivity contribution in [3.05, 3.63) is 24.3 Å². The van der Waals surface area contributed by atoms with E-state index in [0.29, 0.717) is 5.92 Å². The first-order valence-corrected chi connectivity index (χ1v) is 7.50. The van der Waals surface area contributed by atoms with Gasteiger partial charge >= 0.3 is 0 Å². The van der Waals surface area contributed by atoms with E-state index < -0.39 is 0 Å². The molecule has 0 aromatic heterocycles. The summed E-state index contributed by atoms with van der Waals surface area (Å²) in [4.78, 5) is 12.2. The quantitative estimate of drug-likeness (QED) is 0.879. The predicted molar refractivity (Wildman–Crippen MR) is 85.9 cm³/mol. The van der Waals surface area contributed by atoms with Gasteiger partial charge in [-0.2, -0.15) is 0 Å². The van der Waals surface area contributed by atoms with E-state index >= 15 is 0 Å². The summed E-state index contributed by atoms with van der Waals surface area (Å²) >= 11 is 0. The molecule has 0 spiro atoms. The molecule has 0 saturated heterocycles. The van der Waals surface area contributed by atoms with Crippen molar-refractivity contribution in [1.82, 2.24) is 0 Å². The minimum atomic E-state index is 0. The number of nitrogens with one attached hydrogen (secondary N) is 1. The number of para-hydroxylation sites is 2. The van der Waals surface area contributed by atoms with E-state index in [2.05, 4.69) is 5.32 Å². The summed E-state index contributed by atoms with van der Waals surface area (Å²) in [6.45, 7) is 0.751. The number of anilines is 1. The number of rotatable bonds is 5. The minimum Gasteiger partial charge on any atom is -0.491 e. The number of benzene rings is 1. The fourth-order valence-corrected chi connectivity index (χ4v) is 2.68. The van der Waals surface area contributed by atoms with Gasteiger partial charge in [-0.25, -0.2) is 0 Å². The molecule has 1 aromatic carbocycles. The van der Waals surface area contributed by atoms with Crippen LogP contribution in [0.2, 0.25) is 0 Å². The molecule has 0 bridgehead atoms. The van der Waals surface area contributed by atoms with Gasteiger partial charge < -0.3 is 15.8 Å². The Balaban J connectivity index is 0.00000161. The summed E-state index contributed by atoms with van der Waals surface area (Å²) < 4.78 is 5.81. The van der Waals surface area contributed by atoms with Crippen LogP contribution in [-0.4, -0.2) is 18.6 Å². The van der Waals surface area contributed by atoms with Gasteiger partial charge in [0.2, 0.25) is 5.91 Å². The van der Waals surface area contributed by atoms with Crippen LogP contribution in [-0.2, 0) is 4.79 Å². The third-order valence-electron chi connectivity index (χ3n) is 4.16. The molecule has 2 fully saturated rings. The third-order valence-corrected chi connectivity index (χ3v) is 4.16. The Morgan fingerprint density at radius 3 is 2.67 bits per heavy atom. The lowest BCUT2D eigenvalue weighted by atomic mass is 10.1. The second kappa shape index (κ2) is 7.14. The van der Waals surface area contributed by atoms with E-state index in [1.807, 2.05) is 24.3 Å². The molecule has 2 atom stereocenters. The molecule has 2 aliphatic carbocycles. The van der Waals surface area contributed by atoms with Crippen LogP contribution in [0, 0.1) is 11.8 Å². The van der Waals surface area contributed by atoms with E-state index in [-0.39, 0.29) is 30.3 Å². The molecule has 3 rings (SSSR count).